The van der Waals surface area contributed by atoms with Crippen molar-refractivity contribution < 1.29 is 22.4 Å². The molecular formula is C21H13F4N3OS2. The van der Waals surface area contributed by atoms with Gasteiger partial charge in [0.05, 0.1) is 21.9 Å². The van der Waals surface area contributed by atoms with E-state index in [0.29, 0.717) is 11.4 Å². The Bertz CT molecular complexity index is 1200. The van der Waals surface area contributed by atoms with Gasteiger partial charge in [-0.3, -0.25) is 9.36 Å². The molecule has 158 valence electrons. The summed E-state index contributed by atoms with van der Waals surface area (Å²) in [5, 5.41) is 10.4. The van der Waals surface area contributed by atoms with Gasteiger partial charge in [-0.05, 0) is 53.9 Å². The molecule has 31 heavy (non-hydrogen) atoms. The van der Waals surface area contributed by atoms with Gasteiger partial charge in [-0.25, -0.2) is 4.39 Å². The Labute approximate surface area is 182 Å². The average Bonchev–Trinajstić information content (AvgIpc) is 3.41. The highest BCUT2D eigenvalue weighted by Crippen LogP contribution is 2.34. The topological polar surface area (TPSA) is 47.8 Å². The van der Waals surface area contributed by atoms with Crippen molar-refractivity contribution in [1.29, 1.82) is 0 Å². The number of rotatable bonds is 6. The molecule has 0 aliphatic heterocycles. The Morgan fingerprint density at radius 2 is 1.81 bits per heavy atom. The van der Waals surface area contributed by atoms with E-state index in [4.69, 9.17) is 0 Å². The molecule has 2 heterocycles. The number of ketones is 1. The smallest absolute Gasteiger partial charge is 0.293 e. The molecule has 0 atom stereocenters. The third-order valence-corrected chi connectivity index (χ3v) is 6.10. The zero-order chi connectivity index (χ0) is 22.0. The number of aromatic nitrogens is 3. The van der Waals surface area contributed by atoms with Crippen LogP contribution in [0.4, 0.5) is 17.6 Å². The molecule has 0 bridgehead atoms. The summed E-state index contributed by atoms with van der Waals surface area (Å²) in [4.78, 5) is 13.2. The van der Waals surface area contributed by atoms with Crippen LogP contribution in [0.15, 0.2) is 71.2 Å². The van der Waals surface area contributed by atoms with Crippen molar-refractivity contribution in [2.24, 2.45) is 0 Å². The predicted molar refractivity (Wildman–Crippen MR) is 111 cm³/mol. The summed E-state index contributed by atoms with van der Waals surface area (Å²) in [6.07, 6.45) is -4.50. The fraction of sp³-hybridized carbons (Fsp3) is 0.0952. The van der Waals surface area contributed by atoms with Gasteiger partial charge in [0, 0.05) is 5.56 Å². The van der Waals surface area contributed by atoms with Crippen LogP contribution in [-0.4, -0.2) is 26.3 Å². The molecule has 0 unspecified atom stereocenters. The standard InChI is InChI=1S/C21H13F4N3OS2/c22-15-8-6-13(7-9-15)17(29)12-31-20-27-26-19(18-5-2-10-30-18)28(20)16-4-1-3-14(11-16)21(23,24)25/h1-11H,12H2. The number of halogens is 4. The second-order valence-corrected chi connectivity index (χ2v) is 8.28. The molecule has 4 nitrogen and oxygen atoms in total. The first-order valence-corrected chi connectivity index (χ1v) is 10.8. The van der Waals surface area contributed by atoms with E-state index in [2.05, 4.69) is 10.2 Å². The number of Topliss-reactive ketones (excluding diaryl/α,β-unsaturated/α-hetero) is 1. The molecule has 0 saturated heterocycles. The molecule has 0 saturated carbocycles. The molecule has 0 aliphatic carbocycles. The van der Waals surface area contributed by atoms with E-state index in [1.807, 2.05) is 5.38 Å². The maximum absolute atomic E-state index is 13.2. The molecule has 4 rings (SSSR count). The van der Waals surface area contributed by atoms with Crippen molar-refractivity contribution in [2.45, 2.75) is 11.3 Å². The van der Waals surface area contributed by atoms with Gasteiger partial charge < -0.3 is 0 Å². The van der Waals surface area contributed by atoms with Crippen LogP contribution >= 0.6 is 23.1 Å². The molecule has 0 spiro atoms. The van der Waals surface area contributed by atoms with Crippen LogP contribution in [0.2, 0.25) is 0 Å². The maximum Gasteiger partial charge on any atom is 0.416 e. The Morgan fingerprint density at radius 1 is 1.03 bits per heavy atom. The number of hydrogen-bond donors (Lipinski definition) is 0. The van der Waals surface area contributed by atoms with Crippen LogP contribution in [0.3, 0.4) is 0 Å². The van der Waals surface area contributed by atoms with E-state index < -0.39 is 17.6 Å². The van der Waals surface area contributed by atoms with Crippen LogP contribution in [0, 0.1) is 5.82 Å². The summed E-state index contributed by atoms with van der Waals surface area (Å²) in [6.45, 7) is 0. The monoisotopic (exact) mass is 463 g/mol. The van der Waals surface area contributed by atoms with Crippen molar-refractivity contribution >= 4 is 28.9 Å². The molecule has 10 heteroatoms. The minimum Gasteiger partial charge on any atom is -0.293 e. The summed E-state index contributed by atoms with van der Waals surface area (Å²) in [5.74, 6) is -0.367. The minimum absolute atomic E-state index is 0.0346. The van der Waals surface area contributed by atoms with Crippen LogP contribution in [0.25, 0.3) is 16.4 Å². The minimum atomic E-state index is -4.50. The fourth-order valence-electron chi connectivity index (χ4n) is 2.83. The maximum atomic E-state index is 13.2. The summed E-state index contributed by atoms with van der Waals surface area (Å²) >= 11 is 2.42. The van der Waals surface area contributed by atoms with Crippen LogP contribution in [0.1, 0.15) is 15.9 Å². The van der Waals surface area contributed by atoms with Gasteiger partial charge in [-0.2, -0.15) is 13.2 Å². The molecular weight excluding hydrogens is 450 g/mol. The second kappa shape index (κ2) is 8.64. The second-order valence-electron chi connectivity index (χ2n) is 6.39. The van der Waals surface area contributed by atoms with Crippen molar-refractivity contribution in [3.8, 4) is 16.4 Å². The molecule has 4 aromatic rings. The number of carbonyl (C=O) groups is 1. The lowest BCUT2D eigenvalue weighted by Crippen LogP contribution is -2.08. The van der Waals surface area contributed by atoms with Gasteiger partial charge in [-0.15, -0.1) is 21.5 Å². The zero-order valence-corrected chi connectivity index (χ0v) is 17.3. The Hall–Kier alpha value is -2.98. The van der Waals surface area contributed by atoms with Gasteiger partial charge in [0.25, 0.3) is 0 Å². The van der Waals surface area contributed by atoms with Crippen molar-refractivity contribution in [3.63, 3.8) is 0 Å². The third-order valence-electron chi connectivity index (χ3n) is 4.31. The predicted octanol–water partition coefficient (Wildman–Crippen LogP) is 6.13. The van der Waals surface area contributed by atoms with Crippen molar-refractivity contribution in [3.05, 3.63) is 83.0 Å². The number of thiophene rings is 1. The highest BCUT2D eigenvalue weighted by atomic mass is 32.2. The van der Waals surface area contributed by atoms with Crippen LogP contribution in [-0.2, 0) is 6.18 Å². The first-order valence-electron chi connectivity index (χ1n) is 8.91. The summed E-state index contributed by atoms with van der Waals surface area (Å²) in [7, 11) is 0. The van der Waals surface area contributed by atoms with E-state index in [9.17, 15) is 22.4 Å². The largest absolute Gasteiger partial charge is 0.416 e. The van der Waals surface area contributed by atoms with E-state index >= 15 is 0 Å². The normalized spacial score (nSPS) is 11.6. The number of hydrogen-bond acceptors (Lipinski definition) is 5. The number of carbonyl (C=O) groups excluding carboxylic acids is 1. The Kier molecular flexibility index (Phi) is 5.92. The average molecular weight is 463 g/mol. The Morgan fingerprint density at radius 3 is 2.48 bits per heavy atom. The van der Waals surface area contributed by atoms with Crippen molar-refractivity contribution in [1.82, 2.24) is 14.8 Å². The summed E-state index contributed by atoms with van der Waals surface area (Å²) in [6, 6.07) is 13.6. The number of nitrogens with zero attached hydrogens (tertiary/aromatic N) is 3. The highest BCUT2D eigenvalue weighted by molar-refractivity contribution is 7.99. The lowest BCUT2D eigenvalue weighted by molar-refractivity contribution is -0.137. The van der Waals surface area contributed by atoms with E-state index in [1.165, 1.54) is 52.3 Å². The van der Waals surface area contributed by atoms with Crippen molar-refractivity contribution in [2.75, 3.05) is 5.75 Å². The molecule has 0 radical (unpaired) electrons. The SMILES string of the molecule is O=C(CSc1nnc(-c2cccs2)n1-c1cccc(C(F)(F)F)c1)c1ccc(F)cc1. The first kappa shape index (κ1) is 21.3. The lowest BCUT2D eigenvalue weighted by atomic mass is 10.1. The van der Waals surface area contributed by atoms with E-state index in [0.717, 1.165) is 28.8 Å². The molecule has 2 aromatic heterocycles. The first-order chi connectivity index (χ1) is 14.8. The third kappa shape index (κ3) is 4.70. The zero-order valence-electron chi connectivity index (χ0n) is 15.6. The van der Waals surface area contributed by atoms with Crippen LogP contribution in [0.5, 0.6) is 0 Å². The summed E-state index contributed by atoms with van der Waals surface area (Å²) < 4.78 is 54.3. The van der Waals surface area contributed by atoms with E-state index in [-0.39, 0.29) is 22.4 Å². The van der Waals surface area contributed by atoms with Gasteiger partial charge in [0.15, 0.2) is 16.8 Å². The molecule has 0 aliphatic rings. The Balaban J connectivity index is 1.69. The quantitative estimate of drug-likeness (QED) is 0.196. The highest BCUT2D eigenvalue weighted by Gasteiger charge is 2.31. The van der Waals surface area contributed by atoms with Crippen LogP contribution < -0.4 is 0 Å². The van der Waals surface area contributed by atoms with E-state index in [1.54, 1.807) is 12.1 Å². The molecule has 0 N–H and O–H groups in total. The molecule has 2 aromatic carbocycles. The van der Waals surface area contributed by atoms with Gasteiger partial charge in [0.2, 0.25) is 0 Å². The summed E-state index contributed by atoms with van der Waals surface area (Å²) in [5.41, 5.74) is -0.230. The fourth-order valence-corrected chi connectivity index (χ4v) is 4.38. The number of alkyl halides is 3. The lowest BCUT2D eigenvalue weighted by Gasteiger charge is -2.12. The molecule has 0 fully saturated rings. The molecule has 0 amide bonds. The van der Waals surface area contributed by atoms with Gasteiger partial charge >= 0.3 is 6.18 Å². The number of thioether (sulfide) groups is 1. The van der Waals surface area contributed by atoms with Gasteiger partial charge in [-0.1, -0.05) is 23.9 Å². The number of benzene rings is 2. The van der Waals surface area contributed by atoms with Gasteiger partial charge in [0.1, 0.15) is 5.82 Å².